The highest BCUT2D eigenvalue weighted by Crippen LogP contribution is 2.38. The Morgan fingerprint density at radius 1 is 1.21 bits per heavy atom. The van der Waals surface area contributed by atoms with Crippen molar-refractivity contribution < 1.29 is 10.2 Å². The van der Waals surface area contributed by atoms with E-state index in [2.05, 4.69) is 20.4 Å². The highest BCUT2D eigenvalue weighted by Gasteiger charge is 2.34. The zero-order valence-corrected chi connectivity index (χ0v) is 17.3. The number of aryl methyl sites for hydroxylation is 1. The van der Waals surface area contributed by atoms with Crippen molar-refractivity contribution in [3.8, 4) is 17.0 Å². The van der Waals surface area contributed by atoms with E-state index in [1.165, 1.54) is 0 Å². The first-order chi connectivity index (χ1) is 14.1. The first kappa shape index (κ1) is 18.8. The van der Waals surface area contributed by atoms with Crippen molar-refractivity contribution in [2.75, 3.05) is 18.4 Å². The Morgan fingerprint density at radius 2 is 2.07 bits per heavy atom. The predicted molar refractivity (Wildman–Crippen MR) is 116 cm³/mol. The number of phenolic OH excluding ortho intramolecular Hbond substituents is 1. The molecule has 1 unspecified atom stereocenters. The van der Waals surface area contributed by atoms with Gasteiger partial charge in [-0.2, -0.15) is 0 Å². The van der Waals surface area contributed by atoms with Crippen LogP contribution in [0.5, 0.6) is 5.75 Å². The molecule has 3 aromatic rings. The molecule has 1 atom stereocenters. The molecule has 29 heavy (non-hydrogen) atoms. The summed E-state index contributed by atoms with van der Waals surface area (Å²) in [6.07, 6.45) is 3.96. The number of rotatable bonds is 4. The van der Waals surface area contributed by atoms with Crippen LogP contribution in [0, 0.1) is 6.92 Å². The fourth-order valence-electron chi connectivity index (χ4n) is 4.56. The average molecular weight is 411 g/mol. The van der Waals surface area contributed by atoms with Gasteiger partial charge in [-0.05, 0) is 74.4 Å². The van der Waals surface area contributed by atoms with E-state index >= 15 is 0 Å². The largest absolute Gasteiger partial charge is 0.507 e. The smallest absolute Gasteiger partial charge is 0.149 e. The van der Waals surface area contributed by atoms with Crippen molar-refractivity contribution in [2.24, 2.45) is 0 Å². The third-order valence-electron chi connectivity index (χ3n) is 6.26. The van der Waals surface area contributed by atoms with Crippen LogP contribution in [0.25, 0.3) is 21.3 Å². The van der Waals surface area contributed by atoms with Gasteiger partial charge in [-0.25, -0.2) is 0 Å². The summed E-state index contributed by atoms with van der Waals surface area (Å²) in [6.45, 7) is 4.11. The number of benzene rings is 1. The Labute approximate surface area is 174 Å². The second-order valence-corrected chi connectivity index (χ2v) is 9.26. The molecule has 152 valence electrons. The number of phenols is 1. The Hall–Kier alpha value is -2.22. The lowest BCUT2D eigenvalue weighted by Crippen LogP contribution is -2.53. The van der Waals surface area contributed by atoms with Crippen molar-refractivity contribution in [1.29, 1.82) is 0 Å². The van der Waals surface area contributed by atoms with Gasteiger partial charge in [0, 0.05) is 34.3 Å². The van der Waals surface area contributed by atoms with E-state index < -0.39 is 0 Å². The van der Waals surface area contributed by atoms with Crippen molar-refractivity contribution in [2.45, 2.75) is 50.8 Å². The second kappa shape index (κ2) is 7.55. The summed E-state index contributed by atoms with van der Waals surface area (Å²) in [5.74, 6) is 1.05. The van der Waals surface area contributed by atoms with Crippen molar-refractivity contribution in [3.05, 3.63) is 35.2 Å². The van der Waals surface area contributed by atoms with Crippen LogP contribution in [-0.4, -0.2) is 56.6 Å². The molecule has 2 aliphatic rings. The summed E-state index contributed by atoms with van der Waals surface area (Å²) >= 11 is 1.62. The van der Waals surface area contributed by atoms with Gasteiger partial charge in [0.2, 0.25) is 0 Å². The van der Waals surface area contributed by atoms with Gasteiger partial charge in [0.25, 0.3) is 0 Å². The summed E-state index contributed by atoms with van der Waals surface area (Å²) in [7, 11) is 0. The lowest BCUT2D eigenvalue weighted by molar-refractivity contribution is -0.00727. The molecule has 1 saturated heterocycles. The molecule has 0 amide bonds. The van der Waals surface area contributed by atoms with Gasteiger partial charge in [-0.15, -0.1) is 21.5 Å². The number of hydrogen-bond donors (Lipinski definition) is 3. The van der Waals surface area contributed by atoms with E-state index in [4.69, 9.17) is 0 Å². The number of anilines is 1. The number of nitrogens with one attached hydrogen (secondary N) is 1. The minimum absolute atomic E-state index is 0.112. The first-order valence-corrected chi connectivity index (χ1v) is 11.2. The number of likely N-dealkylation sites (tertiary alicyclic amines) is 1. The molecule has 2 aromatic heterocycles. The molecule has 5 rings (SSSR count). The Kier molecular flexibility index (Phi) is 4.89. The molecule has 0 bridgehead atoms. The number of aliphatic hydroxyl groups is 1. The maximum Gasteiger partial charge on any atom is 0.149 e. The van der Waals surface area contributed by atoms with E-state index in [1.54, 1.807) is 11.3 Å². The minimum Gasteiger partial charge on any atom is -0.507 e. The molecule has 3 heterocycles. The monoisotopic (exact) mass is 410 g/mol. The SMILES string of the molecule is Cc1cc(NC2CCCN(C3CC(O)C3)C2)nnc1-c1ccc2sccc2c1O. The molecule has 1 aliphatic heterocycles. The number of nitrogens with zero attached hydrogens (tertiary/aromatic N) is 3. The maximum atomic E-state index is 10.7. The van der Waals surface area contributed by atoms with Crippen LogP contribution in [0.3, 0.4) is 0 Å². The number of aromatic nitrogens is 2. The van der Waals surface area contributed by atoms with Crippen LogP contribution < -0.4 is 5.32 Å². The van der Waals surface area contributed by atoms with Gasteiger partial charge in [-0.3, -0.25) is 4.90 Å². The van der Waals surface area contributed by atoms with Crippen LogP contribution in [0.4, 0.5) is 5.82 Å². The van der Waals surface area contributed by atoms with Gasteiger partial charge >= 0.3 is 0 Å². The Balaban J connectivity index is 1.32. The average Bonchev–Trinajstić information content (AvgIpc) is 3.17. The van der Waals surface area contributed by atoms with E-state index in [9.17, 15) is 10.2 Å². The highest BCUT2D eigenvalue weighted by atomic mass is 32.1. The van der Waals surface area contributed by atoms with Crippen LogP contribution >= 0.6 is 11.3 Å². The number of thiophene rings is 1. The van der Waals surface area contributed by atoms with Gasteiger partial charge in [-0.1, -0.05) is 0 Å². The Morgan fingerprint density at radius 3 is 2.86 bits per heavy atom. The summed E-state index contributed by atoms with van der Waals surface area (Å²) in [5, 5.41) is 35.5. The first-order valence-electron chi connectivity index (χ1n) is 10.3. The summed E-state index contributed by atoms with van der Waals surface area (Å²) < 4.78 is 1.07. The van der Waals surface area contributed by atoms with E-state index in [-0.39, 0.29) is 11.9 Å². The third-order valence-corrected chi connectivity index (χ3v) is 7.14. The van der Waals surface area contributed by atoms with Gasteiger partial charge in [0.15, 0.2) is 0 Å². The third kappa shape index (κ3) is 3.58. The quantitative estimate of drug-likeness (QED) is 0.607. The summed E-state index contributed by atoms with van der Waals surface area (Å²) in [4.78, 5) is 2.50. The van der Waals surface area contributed by atoms with Crippen molar-refractivity contribution >= 4 is 27.2 Å². The van der Waals surface area contributed by atoms with Crippen LogP contribution in [0.1, 0.15) is 31.2 Å². The van der Waals surface area contributed by atoms with Crippen LogP contribution in [0.15, 0.2) is 29.6 Å². The molecule has 1 aliphatic carbocycles. The zero-order valence-electron chi connectivity index (χ0n) is 16.5. The van der Waals surface area contributed by atoms with Gasteiger partial charge in [0.1, 0.15) is 11.6 Å². The Bertz CT molecular complexity index is 1030. The molecule has 0 radical (unpaired) electrons. The fraction of sp³-hybridized carbons (Fsp3) is 0.455. The molecular formula is C22H26N4O2S. The molecule has 6 nitrogen and oxygen atoms in total. The lowest BCUT2D eigenvalue weighted by atomic mass is 9.86. The van der Waals surface area contributed by atoms with Crippen LogP contribution in [0.2, 0.25) is 0 Å². The molecular weight excluding hydrogens is 384 g/mol. The summed E-state index contributed by atoms with van der Waals surface area (Å²) in [5.41, 5.74) is 2.43. The topological polar surface area (TPSA) is 81.5 Å². The molecule has 1 aromatic carbocycles. The van der Waals surface area contributed by atoms with E-state index in [0.717, 1.165) is 71.5 Å². The maximum absolute atomic E-state index is 10.7. The van der Waals surface area contributed by atoms with Crippen molar-refractivity contribution in [1.82, 2.24) is 15.1 Å². The van der Waals surface area contributed by atoms with E-state index in [0.29, 0.717) is 12.1 Å². The van der Waals surface area contributed by atoms with Gasteiger partial charge < -0.3 is 15.5 Å². The van der Waals surface area contributed by atoms with E-state index in [1.807, 2.05) is 36.6 Å². The van der Waals surface area contributed by atoms with Gasteiger partial charge in [0.05, 0.1) is 11.8 Å². The molecule has 7 heteroatoms. The number of fused-ring (bicyclic) bond motifs is 1. The zero-order chi connectivity index (χ0) is 20.0. The standard InChI is InChI=1S/C22H26N4O2S/c1-13-9-20(23-14-3-2-7-26(12-14)15-10-16(27)11-15)24-25-21(13)18-4-5-19-17(22(18)28)6-8-29-19/h4-6,8-9,14-16,27-28H,2-3,7,10-12H2,1H3,(H,23,24). The molecule has 3 N–H and O–H groups in total. The fourth-order valence-corrected chi connectivity index (χ4v) is 5.35. The molecule has 2 fully saturated rings. The lowest BCUT2D eigenvalue weighted by Gasteiger charge is -2.44. The predicted octanol–water partition coefficient (Wildman–Crippen LogP) is 3.77. The van der Waals surface area contributed by atoms with Crippen molar-refractivity contribution in [3.63, 3.8) is 0 Å². The number of hydrogen-bond acceptors (Lipinski definition) is 7. The molecule has 1 saturated carbocycles. The number of piperidine rings is 1. The molecule has 0 spiro atoms. The number of aromatic hydroxyl groups is 1. The number of aliphatic hydroxyl groups excluding tert-OH is 1. The highest BCUT2D eigenvalue weighted by molar-refractivity contribution is 7.17. The normalized spacial score (nSPS) is 25.1. The summed E-state index contributed by atoms with van der Waals surface area (Å²) in [6, 6.07) is 8.77. The minimum atomic E-state index is -0.112. The second-order valence-electron chi connectivity index (χ2n) is 8.31. The van der Waals surface area contributed by atoms with Crippen LogP contribution in [-0.2, 0) is 0 Å².